The number of rotatable bonds is 7. The van der Waals surface area contributed by atoms with Gasteiger partial charge < -0.3 is 14.8 Å². The van der Waals surface area contributed by atoms with E-state index in [1.54, 1.807) is 44.2 Å². The number of hydrogen-bond acceptors (Lipinski definition) is 5. The molecule has 0 aliphatic rings. The van der Waals surface area contributed by atoms with Crippen molar-refractivity contribution in [3.8, 4) is 16.9 Å². The Hall–Kier alpha value is -2.54. The van der Waals surface area contributed by atoms with Crippen LogP contribution >= 0.6 is 34.5 Å². The van der Waals surface area contributed by atoms with Crippen LogP contribution in [0.25, 0.3) is 11.1 Å². The van der Waals surface area contributed by atoms with E-state index in [1.807, 2.05) is 26.0 Å². The summed E-state index contributed by atoms with van der Waals surface area (Å²) in [6.07, 6.45) is -0.800. The Morgan fingerprint density at radius 1 is 1.06 bits per heavy atom. The Balaban J connectivity index is 1.91. The maximum absolute atomic E-state index is 12.9. The molecule has 2 aromatic carbocycles. The van der Waals surface area contributed by atoms with Gasteiger partial charge in [0.2, 0.25) is 0 Å². The minimum Gasteiger partial charge on any atom is -0.481 e. The third kappa shape index (κ3) is 5.44. The Labute approximate surface area is 201 Å². The number of carbonyl (C=O) groups excluding carboxylic acids is 2. The third-order valence-corrected chi connectivity index (χ3v) is 6.25. The summed E-state index contributed by atoms with van der Waals surface area (Å²) in [6.45, 7) is 7.35. The normalized spacial score (nSPS) is 11.7. The van der Waals surface area contributed by atoms with E-state index in [0.717, 1.165) is 16.0 Å². The van der Waals surface area contributed by atoms with Crippen molar-refractivity contribution < 1.29 is 19.1 Å². The molecule has 1 amide bonds. The average molecular weight is 492 g/mol. The zero-order valence-electron chi connectivity index (χ0n) is 18.1. The van der Waals surface area contributed by atoms with Gasteiger partial charge in [0.25, 0.3) is 5.91 Å². The van der Waals surface area contributed by atoms with Crippen LogP contribution in [0, 0.1) is 13.8 Å². The molecule has 0 fully saturated rings. The zero-order valence-corrected chi connectivity index (χ0v) is 20.5. The summed E-state index contributed by atoms with van der Waals surface area (Å²) in [5, 5.41) is 4.45. The second kappa shape index (κ2) is 10.4. The van der Waals surface area contributed by atoms with Gasteiger partial charge in [-0.15, -0.1) is 11.3 Å². The van der Waals surface area contributed by atoms with E-state index >= 15 is 0 Å². The molecular formula is C24H23Cl2NO4S. The van der Waals surface area contributed by atoms with Crippen molar-refractivity contribution >= 4 is 51.4 Å². The standard InChI is InChI=1S/C24H23Cl2NO4S/c1-5-30-24(29)21-20(16-6-8-17(25)9-7-16)15(4)32-23(21)27-22(28)14(3)31-19-11-10-18(26)12-13(19)2/h6-12,14H,5H2,1-4H3,(H,27,28). The van der Waals surface area contributed by atoms with E-state index in [2.05, 4.69) is 5.32 Å². The Morgan fingerprint density at radius 3 is 2.34 bits per heavy atom. The van der Waals surface area contributed by atoms with Crippen LogP contribution in [0.5, 0.6) is 5.75 Å². The predicted molar refractivity (Wildman–Crippen MR) is 130 cm³/mol. The molecule has 0 aliphatic heterocycles. The average Bonchev–Trinajstić information content (AvgIpc) is 3.06. The minimum absolute atomic E-state index is 0.219. The highest BCUT2D eigenvalue weighted by molar-refractivity contribution is 7.17. The topological polar surface area (TPSA) is 64.6 Å². The van der Waals surface area contributed by atoms with E-state index in [0.29, 0.717) is 31.9 Å². The number of halogens is 2. The summed E-state index contributed by atoms with van der Waals surface area (Å²) in [6, 6.07) is 12.4. The minimum atomic E-state index is -0.800. The van der Waals surface area contributed by atoms with Crippen molar-refractivity contribution in [2.24, 2.45) is 0 Å². The van der Waals surface area contributed by atoms with E-state index < -0.39 is 12.1 Å². The van der Waals surface area contributed by atoms with E-state index in [4.69, 9.17) is 32.7 Å². The molecule has 168 valence electrons. The second-order valence-electron chi connectivity index (χ2n) is 7.12. The van der Waals surface area contributed by atoms with Crippen LogP contribution in [0.15, 0.2) is 42.5 Å². The number of anilines is 1. The molecule has 3 aromatic rings. The molecule has 3 rings (SSSR count). The lowest BCUT2D eigenvalue weighted by molar-refractivity contribution is -0.122. The molecule has 5 nitrogen and oxygen atoms in total. The van der Waals surface area contributed by atoms with Crippen molar-refractivity contribution in [2.45, 2.75) is 33.8 Å². The zero-order chi connectivity index (χ0) is 23.4. The first-order valence-electron chi connectivity index (χ1n) is 10.0. The molecule has 0 spiro atoms. The molecule has 1 heterocycles. The summed E-state index contributed by atoms with van der Waals surface area (Å²) in [7, 11) is 0. The molecule has 1 aromatic heterocycles. The molecule has 8 heteroatoms. The van der Waals surface area contributed by atoms with Crippen molar-refractivity contribution in [1.29, 1.82) is 0 Å². The van der Waals surface area contributed by atoms with Gasteiger partial charge in [-0.2, -0.15) is 0 Å². The lowest BCUT2D eigenvalue weighted by atomic mass is 10.0. The van der Waals surface area contributed by atoms with Gasteiger partial charge in [0.1, 0.15) is 16.3 Å². The van der Waals surface area contributed by atoms with Gasteiger partial charge in [-0.1, -0.05) is 35.3 Å². The summed E-state index contributed by atoms with van der Waals surface area (Å²) in [5.74, 6) is -0.320. The van der Waals surface area contributed by atoms with Crippen LogP contribution in [0.1, 0.15) is 34.6 Å². The molecule has 0 saturated carbocycles. The highest BCUT2D eigenvalue weighted by Crippen LogP contribution is 2.41. The van der Waals surface area contributed by atoms with Crippen LogP contribution in [-0.4, -0.2) is 24.6 Å². The monoisotopic (exact) mass is 491 g/mol. The summed E-state index contributed by atoms with van der Waals surface area (Å²) >= 11 is 13.3. The number of carbonyl (C=O) groups is 2. The third-order valence-electron chi connectivity index (χ3n) is 4.74. The maximum Gasteiger partial charge on any atom is 0.341 e. The number of ether oxygens (including phenoxy) is 2. The highest BCUT2D eigenvalue weighted by Gasteiger charge is 2.27. The lowest BCUT2D eigenvalue weighted by Crippen LogP contribution is -2.30. The fraction of sp³-hybridized carbons (Fsp3) is 0.250. The fourth-order valence-corrected chi connectivity index (χ4v) is 4.62. The number of aryl methyl sites for hydroxylation is 2. The number of esters is 1. The van der Waals surface area contributed by atoms with Crippen molar-refractivity contribution in [3.05, 3.63) is 68.5 Å². The quantitative estimate of drug-likeness (QED) is 0.364. The number of benzene rings is 2. The smallest absolute Gasteiger partial charge is 0.341 e. The number of hydrogen-bond donors (Lipinski definition) is 1. The molecule has 32 heavy (non-hydrogen) atoms. The van der Waals surface area contributed by atoms with Gasteiger partial charge >= 0.3 is 5.97 Å². The van der Waals surface area contributed by atoms with E-state index in [-0.39, 0.29) is 12.5 Å². The van der Waals surface area contributed by atoms with E-state index in [9.17, 15) is 9.59 Å². The summed E-state index contributed by atoms with van der Waals surface area (Å²) in [5.41, 5.74) is 2.66. The van der Waals surface area contributed by atoms with Crippen LogP contribution in [0.2, 0.25) is 10.0 Å². The number of nitrogens with one attached hydrogen (secondary N) is 1. The fourth-order valence-electron chi connectivity index (χ4n) is 3.20. The first-order valence-corrected chi connectivity index (χ1v) is 11.6. The van der Waals surface area contributed by atoms with Crippen LogP contribution in [0.4, 0.5) is 5.00 Å². The lowest BCUT2D eigenvalue weighted by Gasteiger charge is -2.16. The van der Waals surface area contributed by atoms with Gasteiger partial charge in [-0.05, 0) is 69.2 Å². The van der Waals surface area contributed by atoms with Crippen LogP contribution < -0.4 is 10.1 Å². The highest BCUT2D eigenvalue weighted by atomic mass is 35.5. The summed E-state index contributed by atoms with van der Waals surface area (Å²) < 4.78 is 11.1. The Kier molecular flexibility index (Phi) is 7.82. The van der Waals surface area contributed by atoms with Gasteiger partial charge in [0, 0.05) is 20.5 Å². The Morgan fingerprint density at radius 2 is 1.72 bits per heavy atom. The molecule has 1 atom stereocenters. The van der Waals surface area contributed by atoms with Gasteiger partial charge in [0.05, 0.1) is 6.61 Å². The van der Waals surface area contributed by atoms with Gasteiger partial charge in [0.15, 0.2) is 6.10 Å². The molecular weight excluding hydrogens is 469 g/mol. The van der Waals surface area contributed by atoms with Crippen molar-refractivity contribution in [3.63, 3.8) is 0 Å². The molecule has 0 radical (unpaired) electrons. The molecule has 0 saturated heterocycles. The molecule has 1 N–H and O–H groups in total. The summed E-state index contributed by atoms with van der Waals surface area (Å²) in [4.78, 5) is 26.6. The van der Waals surface area contributed by atoms with Gasteiger partial charge in [-0.25, -0.2) is 4.79 Å². The number of thiophene rings is 1. The Bertz CT molecular complexity index is 1140. The first-order chi connectivity index (χ1) is 15.2. The van der Waals surface area contributed by atoms with Crippen LogP contribution in [-0.2, 0) is 9.53 Å². The van der Waals surface area contributed by atoms with Crippen molar-refractivity contribution in [1.82, 2.24) is 0 Å². The van der Waals surface area contributed by atoms with Crippen molar-refractivity contribution in [2.75, 3.05) is 11.9 Å². The maximum atomic E-state index is 12.9. The first kappa shape index (κ1) is 24.1. The molecule has 0 bridgehead atoms. The number of amides is 1. The predicted octanol–water partition coefficient (Wildman–Crippen LogP) is 6.92. The van der Waals surface area contributed by atoms with E-state index in [1.165, 1.54) is 11.3 Å². The van der Waals surface area contributed by atoms with Crippen LogP contribution in [0.3, 0.4) is 0 Å². The van der Waals surface area contributed by atoms with Gasteiger partial charge in [-0.3, -0.25) is 4.79 Å². The largest absolute Gasteiger partial charge is 0.481 e. The SMILES string of the molecule is CCOC(=O)c1c(NC(=O)C(C)Oc2ccc(Cl)cc2C)sc(C)c1-c1ccc(Cl)cc1. The molecule has 0 aliphatic carbocycles. The molecule has 1 unspecified atom stereocenters. The second-order valence-corrected chi connectivity index (χ2v) is 9.22.